The van der Waals surface area contributed by atoms with Gasteiger partial charge in [-0.15, -0.1) is 0 Å². The third-order valence-electron chi connectivity index (χ3n) is 2.95. The summed E-state index contributed by atoms with van der Waals surface area (Å²) in [6, 6.07) is 2.60. The van der Waals surface area contributed by atoms with Crippen LogP contribution in [0.25, 0.3) is 0 Å². The number of nitrogens with zero attached hydrogens (tertiary/aromatic N) is 1. The summed E-state index contributed by atoms with van der Waals surface area (Å²) in [6.45, 7) is 0. The van der Waals surface area contributed by atoms with Crippen molar-refractivity contribution in [3.8, 4) is 0 Å². The summed E-state index contributed by atoms with van der Waals surface area (Å²) in [4.78, 5) is 14.2. The first kappa shape index (κ1) is 11.6. The van der Waals surface area contributed by atoms with Gasteiger partial charge in [0.15, 0.2) is 0 Å². The minimum atomic E-state index is -0.643. The Morgan fingerprint density at radius 3 is 2.50 bits per heavy atom. The number of rotatable bonds is 2. The molecule has 1 saturated carbocycles. The summed E-state index contributed by atoms with van der Waals surface area (Å²) >= 11 is 11.6. The van der Waals surface area contributed by atoms with Crippen molar-refractivity contribution in [2.75, 3.05) is 0 Å². The molecular formula is C11H8Cl2FNO. The van der Waals surface area contributed by atoms with E-state index in [2.05, 4.69) is 4.99 Å². The van der Waals surface area contributed by atoms with Gasteiger partial charge in [0.25, 0.3) is 0 Å². The van der Waals surface area contributed by atoms with E-state index in [1.54, 1.807) is 6.08 Å². The van der Waals surface area contributed by atoms with Gasteiger partial charge in [-0.2, -0.15) is 4.99 Å². The zero-order valence-corrected chi connectivity index (χ0v) is 9.78. The van der Waals surface area contributed by atoms with E-state index in [0.29, 0.717) is 18.4 Å². The van der Waals surface area contributed by atoms with E-state index in [-0.39, 0.29) is 10.0 Å². The molecule has 0 spiro atoms. The summed E-state index contributed by atoms with van der Waals surface area (Å²) in [6.07, 6.45) is 3.93. The van der Waals surface area contributed by atoms with Crippen molar-refractivity contribution in [2.24, 2.45) is 4.99 Å². The number of aliphatic imine (C=N–C) groups is 1. The van der Waals surface area contributed by atoms with Crippen LogP contribution >= 0.6 is 23.2 Å². The molecule has 0 aliphatic heterocycles. The Morgan fingerprint density at radius 1 is 1.31 bits per heavy atom. The van der Waals surface area contributed by atoms with Crippen LogP contribution in [0, 0.1) is 5.82 Å². The topological polar surface area (TPSA) is 29.4 Å². The van der Waals surface area contributed by atoms with E-state index in [1.807, 2.05) is 0 Å². The highest BCUT2D eigenvalue weighted by molar-refractivity contribution is 6.33. The predicted octanol–water partition coefficient (Wildman–Crippen LogP) is 3.85. The third kappa shape index (κ3) is 1.75. The van der Waals surface area contributed by atoms with Gasteiger partial charge < -0.3 is 0 Å². The highest BCUT2D eigenvalue weighted by Gasteiger charge is 2.40. The molecule has 0 aromatic heterocycles. The van der Waals surface area contributed by atoms with Gasteiger partial charge in [-0.3, -0.25) is 0 Å². The molecule has 84 valence electrons. The standard InChI is InChI=1S/C11H8Cl2FNO/c12-8-5-10(14)9(13)4-7(8)11(15-6-16)2-1-3-11/h4-5H,1-3H2. The number of halogens is 3. The molecule has 16 heavy (non-hydrogen) atoms. The zero-order valence-electron chi connectivity index (χ0n) is 8.27. The molecule has 0 unspecified atom stereocenters. The van der Waals surface area contributed by atoms with Crippen LogP contribution in [0.5, 0.6) is 0 Å². The van der Waals surface area contributed by atoms with Gasteiger partial charge in [0, 0.05) is 10.6 Å². The lowest BCUT2D eigenvalue weighted by Crippen LogP contribution is -2.32. The highest BCUT2D eigenvalue weighted by Crippen LogP contribution is 2.48. The van der Waals surface area contributed by atoms with Crippen LogP contribution in [0.2, 0.25) is 10.0 Å². The molecule has 0 radical (unpaired) electrons. The Bertz CT molecular complexity index is 479. The summed E-state index contributed by atoms with van der Waals surface area (Å²) in [5, 5.41) is 0.243. The van der Waals surface area contributed by atoms with Crippen molar-refractivity contribution in [2.45, 2.75) is 24.8 Å². The lowest BCUT2D eigenvalue weighted by molar-refractivity contribution is 0.256. The lowest BCUT2D eigenvalue weighted by atomic mass is 9.72. The molecule has 5 heteroatoms. The fraction of sp³-hybridized carbons (Fsp3) is 0.364. The molecular weight excluding hydrogens is 252 g/mol. The average molecular weight is 260 g/mol. The predicted molar refractivity (Wildman–Crippen MR) is 60.1 cm³/mol. The fourth-order valence-electron chi connectivity index (χ4n) is 1.92. The van der Waals surface area contributed by atoms with Crippen LogP contribution in [-0.4, -0.2) is 6.08 Å². The number of benzene rings is 1. The molecule has 0 amide bonds. The minimum absolute atomic E-state index is 0.00762. The van der Waals surface area contributed by atoms with Crippen LogP contribution in [-0.2, 0) is 10.3 Å². The second-order valence-electron chi connectivity index (χ2n) is 3.83. The van der Waals surface area contributed by atoms with Crippen LogP contribution in [0.3, 0.4) is 0 Å². The first-order valence-corrected chi connectivity index (χ1v) is 5.59. The largest absolute Gasteiger partial charge is 0.235 e. The molecule has 0 saturated heterocycles. The van der Waals surface area contributed by atoms with E-state index in [9.17, 15) is 9.18 Å². The Kier molecular flexibility index (Phi) is 3.02. The first-order valence-electron chi connectivity index (χ1n) is 4.83. The number of carbonyl (C=O) groups excluding carboxylic acids is 1. The van der Waals surface area contributed by atoms with Crippen LogP contribution in [0.15, 0.2) is 17.1 Å². The van der Waals surface area contributed by atoms with E-state index in [1.165, 1.54) is 6.07 Å². The highest BCUT2D eigenvalue weighted by atomic mass is 35.5. The molecule has 1 fully saturated rings. The molecule has 0 atom stereocenters. The van der Waals surface area contributed by atoms with Crippen molar-refractivity contribution < 1.29 is 9.18 Å². The van der Waals surface area contributed by atoms with Crippen LogP contribution in [0.1, 0.15) is 24.8 Å². The molecule has 2 rings (SSSR count). The fourth-order valence-corrected chi connectivity index (χ4v) is 2.41. The van der Waals surface area contributed by atoms with Crippen LogP contribution < -0.4 is 0 Å². The van der Waals surface area contributed by atoms with Crippen molar-refractivity contribution in [3.63, 3.8) is 0 Å². The van der Waals surface area contributed by atoms with Crippen molar-refractivity contribution in [3.05, 3.63) is 33.6 Å². The van der Waals surface area contributed by atoms with Crippen molar-refractivity contribution in [1.29, 1.82) is 0 Å². The summed E-state index contributed by atoms with van der Waals surface area (Å²) in [5.74, 6) is -0.569. The third-order valence-corrected chi connectivity index (χ3v) is 3.55. The minimum Gasteiger partial charge on any atom is -0.211 e. The van der Waals surface area contributed by atoms with E-state index < -0.39 is 11.4 Å². The maximum absolute atomic E-state index is 13.1. The molecule has 1 aromatic carbocycles. The second kappa shape index (κ2) is 4.17. The maximum Gasteiger partial charge on any atom is 0.235 e. The van der Waals surface area contributed by atoms with Gasteiger partial charge in [-0.25, -0.2) is 9.18 Å². The van der Waals surface area contributed by atoms with Gasteiger partial charge in [-0.1, -0.05) is 23.2 Å². The first-order chi connectivity index (χ1) is 7.59. The lowest BCUT2D eigenvalue weighted by Gasteiger charge is -2.37. The monoisotopic (exact) mass is 259 g/mol. The number of hydrogen-bond acceptors (Lipinski definition) is 2. The Hall–Kier alpha value is -0.890. The molecule has 2 nitrogen and oxygen atoms in total. The van der Waals surface area contributed by atoms with Crippen molar-refractivity contribution in [1.82, 2.24) is 0 Å². The molecule has 0 N–H and O–H groups in total. The quantitative estimate of drug-likeness (QED) is 0.451. The summed E-state index contributed by atoms with van der Waals surface area (Å²) < 4.78 is 13.1. The number of isocyanates is 1. The Labute approximate surface area is 102 Å². The van der Waals surface area contributed by atoms with Gasteiger partial charge in [0.05, 0.1) is 10.6 Å². The van der Waals surface area contributed by atoms with E-state index in [0.717, 1.165) is 12.5 Å². The van der Waals surface area contributed by atoms with Gasteiger partial charge in [-0.05, 0) is 31.4 Å². The summed E-state index contributed by atoms with van der Waals surface area (Å²) in [5.41, 5.74) is -0.0360. The second-order valence-corrected chi connectivity index (χ2v) is 4.65. The number of hydrogen-bond donors (Lipinski definition) is 0. The van der Waals surface area contributed by atoms with Gasteiger partial charge in [0.1, 0.15) is 5.82 Å². The Balaban J connectivity index is 2.54. The Morgan fingerprint density at radius 2 is 2.00 bits per heavy atom. The van der Waals surface area contributed by atoms with E-state index in [4.69, 9.17) is 23.2 Å². The van der Waals surface area contributed by atoms with Gasteiger partial charge in [0.2, 0.25) is 6.08 Å². The van der Waals surface area contributed by atoms with Gasteiger partial charge >= 0.3 is 0 Å². The molecule has 0 bridgehead atoms. The smallest absolute Gasteiger partial charge is 0.211 e. The average Bonchev–Trinajstić information content (AvgIpc) is 2.18. The zero-order chi connectivity index (χ0) is 11.8. The molecule has 0 heterocycles. The van der Waals surface area contributed by atoms with Crippen LogP contribution in [0.4, 0.5) is 4.39 Å². The molecule has 1 aliphatic rings. The SMILES string of the molecule is O=C=NC1(c2cc(Cl)c(F)cc2Cl)CCC1. The maximum atomic E-state index is 13.1. The van der Waals surface area contributed by atoms with E-state index >= 15 is 0 Å². The van der Waals surface area contributed by atoms with Crippen molar-refractivity contribution >= 4 is 29.3 Å². The summed E-state index contributed by atoms with van der Waals surface area (Å²) in [7, 11) is 0. The molecule has 1 aromatic rings. The normalized spacial score (nSPS) is 17.4. The molecule has 1 aliphatic carbocycles.